The third-order valence-corrected chi connectivity index (χ3v) is 2.49. The van der Waals surface area contributed by atoms with Gasteiger partial charge in [-0.15, -0.1) is 0 Å². The number of hydrogen-bond acceptors (Lipinski definition) is 2. The second-order valence-corrected chi connectivity index (χ2v) is 3.57. The Morgan fingerprint density at radius 2 is 2.20 bits per heavy atom. The number of furan rings is 1. The summed E-state index contributed by atoms with van der Waals surface area (Å²) in [5.74, 6) is -0.932. The maximum absolute atomic E-state index is 10.9. The van der Waals surface area contributed by atoms with E-state index in [1.807, 2.05) is 32.0 Å². The van der Waals surface area contributed by atoms with Crippen LogP contribution in [-0.2, 0) is 6.42 Å². The highest BCUT2D eigenvalue weighted by Gasteiger charge is 2.18. The smallest absolute Gasteiger partial charge is 0.372 e. The first-order valence-electron chi connectivity index (χ1n) is 4.88. The molecule has 0 unspecified atom stereocenters. The average molecular weight is 204 g/mol. The van der Waals surface area contributed by atoms with E-state index in [0.717, 1.165) is 16.5 Å². The van der Waals surface area contributed by atoms with Crippen LogP contribution in [-0.4, -0.2) is 11.1 Å². The Morgan fingerprint density at radius 1 is 1.47 bits per heavy atom. The molecule has 1 N–H and O–H groups in total. The average Bonchev–Trinajstić information content (AvgIpc) is 2.55. The predicted octanol–water partition coefficient (Wildman–Crippen LogP) is 3.00. The number of benzene rings is 1. The highest BCUT2D eigenvalue weighted by Crippen LogP contribution is 2.27. The molecule has 15 heavy (non-hydrogen) atoms. The van der Waals surface area contributed by atoms with Crippen LogP contribution in [0.5, 0.6) is 0 Å². The third-order valence-electron chi connectivity index (χ3n) is 2.49. The van der Waals surface area contributed by atoms with Crippen molar-refractivity contribution in [3.05, 3.63) is 35.1 Å². The van der Waals surface area contributed by atoms with Crippen LogP contribution in [0, 0.1) is 6.92 Å². The number of rotatable bonds is 2. The molecule has 0 saturated heterocycles. The minimum absolute atomic E-state index is 0.0677. The molecule has 0 atom stereocenters. The van der Waals surface area contributed by atoms with Gasteiger partial charge in [-0.2, -0.15) is 0 Å². The first kappa shape index (κ1) is 9.77. The van der Waals surface area contributed by atoms with Gasteiger partial charge in [-0.25, -0.2) is 4.79 Å². The minimum Gasteiger partial charge on any atom is -0.475 e. The summed E-state index contributed by atoms with van der Waals surface area (Å²) >= 11 is 0. The van der Waals surface area contributed by atoms with E-state index in [2.05, 4.69) is 0 Å². The van der Waals surface area contributed by atoms with E-state index < -0.39 is 5.97 Å². The molecule has 1 heterocycles. The molecule has 3 nitrogen and oxygen atoms in total. The van der Waals surface area contributed by atoms with E-state index in [9.17, 15) is 4.79 Å². The van der Waals surface area contributed by atoms with Gasteiger partial charge < -0.3 is 9.52 Å². The summed E-state index contributed by atoms with van der Waals surface area (Å²) in [6.07, 6.45) is 0.665. The van der Waals surface area contributed by atoms with Gasteiger partial charge >= 0.3 is 5.97 Å². The lowest BCUT2D eigenvalue weighted by molar-refractivity contribution is 0.0663. The van der Waals surface area contributed by atoms with Gasteiger partial charge in [-0.1, -0.05) is 18.6 Å². The monoisotopic (exact) mass is 204 g/mol. The fourth-order valence-electron chi connectivity index (χ4n) is 1.79. The molecule has 1 aromatic heterocycles. The van der Waals surface area contributed by atoms with Crippen molar-refractivity contribution in [3.8, 4) is 0 Å². The maximum atomic E-state index is 10.9. The fraction of sp³-hybridized carbons (Fsp3) is 0.250. The number of carbonyl (C=O) groups is 1. The van der Waals surface area contributed by atoms with Gasteiger partial charge in [0.2, 0.25) is 5.76 Å². The molecule has 0 fully saturated rings. The van der Waals surface area contributed by atoms with Crippen LogP contribution in [0.1, 0.15) is 28.6 Å². The molecular weight excluding hydrogens is 192 g/mol. The zero-order chi connectivity index (χ0) is 11.0. The second kappa shape index (κ2) is 3.42. The fourth-order valence-corrected chi connectivity index (χ4v) is 1.79. The van der Waals surface area contributed by atoms with Crippen LogP contribution in [0.4, 0.5) is 0 Å². The van der Waals surface area contributed by atoms with Gasteiger partial charge in [0, 0.05) is 10.9 Å². The SMILES string of the molecule is CCc1c(C(=O)O)oc2ccc(C)cc12. The Balaban J connectivity index is 2.79. The number of carboxylic acids is 1. The highest BCUT2D eigenvalue weighted by atomic mass is 16.4. The van der Waals surface area contributed by atoms with Crippen molar-refractivity contribution >= 4 is 16.9 Å². The summed E-state index contributed by atoms with van der Waals surface area (Å²) in [6, 6.07) is 5.69. The Labute approximate surface area is 87.3 Å². The number of aryl methyl sites for hydroxylation is 2. The molecule has 0 spiro atoms. The van der Waals surface area contributed by atoms with E-state index >= 15 is 0 Å². The molecule has 0 aliphatic rings. The van der Waals surface area contributed by atoms with Crippen molar-refractivity contribution in [1.82, 2.24) is 0 Å². The first-order chi connectivity index (χ1) is 7.13. The van der Waals surface area contributed by atoms with E-state index in [-0.39, 0.29) is 5.76 Å². The molecule has 3 heteroatoms. The lowest BCUT2D eigenvalue weighted by Crippen LogP contribution is -1.97. The van der Waals surface area contributed by atoms with Crippen molar-refractivity contribution in [2.45, 2.75) is 20.3 Å². The molecule has 0 bridgehead atoms. The molecule has 2 aromatic rings. The highest BCUT2D eigenvalue weighted by molar-refractivity contribution is 5.95. The molecule has 78 valence electrons. The van der Waals surface area contributed by atoms with Crippen LogP contribution in [0.3, 0.4) is 0 Å². The molecule has 0 amide bonds. The van der Waals surface area contributed by atoms with Crippen LogP contribution >= 0.6 is 0 Å². The minimum atomic E-state index is -0.999. The van der Waals surface area contributed by atoms with Crippen molar-refractivity contribution < 1.29 is 14.3 Å². The van der Waals surface area contributed by atoms with Crippen LogP contribution in [0.2, 0.25) is 0 Å². The molecule has 0 aliphatic carbocycles. The van der Waals surface area contributed by atoms with Crippen molar-refractivity contribution in [1.29, 1.82) is 0 Å². The van der Waals surface area contributed by atoms with Gasteiger partial charge in [-0.3, -0.25) is 0 Å². The lowest BCUT2D eigenvalue weighted by atomic mass is 10.1. The third kappa shape index (κ3) is 1.50. The Kier molecular flexibility index (Phi) is 2.23. The molecule has 0 saturated carbocycles. The summed E-state index contributed by atoms with van der Waals surface area (Å²) in [6.45, 7) is 3.91. The van der Waals surface area contributed by atoms with Gasteiger partial charge in [-0.05, 0) is 25.5 Å². The zero-order valence-corrected chi connectivity index (χ0v) is 8.70. The van der Waals surface area contributed by atoms with Gasteiger partial charge in [0.1, 0.15) is 5.58 Å². The number of aromatic carboxylic acids is 1. The number of hydrogen-bond donors (Lipinski definition) is 1. The Morgan fingerprint density at radius 3 is 2.80 bits per heavy atom. The van der Waals surface area contributed by atoms with E-state index in [1.54, 1.807) is 0 Å². The van der Waals surface area contributed by atoms with Gasteiger partial charge in [0.15, 0.2) is 0 Å². The molecule has 2 rings (SSSR count). The van der Waals surface area contributed by atoms with Crippen molar-refractivity contribution in [2.75, 3.05) is 0 Å². The molecular formula is C12H12O3. The van der Waals surface area contributed by atoms with Crippen molar-refractivity contribution in [2.24, 2.45) is 0 Å². The van der Waals surface area contributed by atoms with Gasteiger partial charge in [0.25, 0.3) is 0 Å². The molecule has 0 radical (unpaired) electrons. The first-order valence-corrected chi connectivity index (χ1v) is 4.88. The van der Waals surface area contributed by atoms with Crippen LogP contribution < -0.4 is 0 Å². The number of fused-ring (bicyclic) bond motifs is 1. The van der Waals surface area contributed by atoms with Crippen molar-refractivity contribution in [3.63, 3.8) is 0 Å². The summed E-state index contributed by atoms with van der Waals surface area (Å²) in [5, 5.41) is 9.89. The predicted molar refractivity (Wildman–Crippen MR) is 57.3 cm³/mol. The maximum Gasteiger partial charge on any atom is 0.372 e. The Hall–Kier alpha value is -1.77. The lowest BCUT2D eigenvalue weighted by Gasteiger charge is -1.94. The van der Waals surface area contributed by atoms with Gasteiger partial charge in [0.05, 0.1) is 0 Å². The normalized spacial score (nSPS) is 10.8. The topological polar surface area (TPSA) is 50.4 Å². The van der Waals surface area contributed by atoms with E-state index in [1.165, 1.54) is 0 Å². The summed E-state index contributed by atoms with van der Waals surface area (Å²) < 4.78 is 5.31. The van der Waals surface area contributed by atoms with E-state index in [0.29, 0.717) is 12.0 Å². The summed E-state index contributed by atoms with van der Waals surface area (Å²) in [7, 11) is 0. The molecule has 1 aromatic carbocycles. The Bertz CT molecular complexity index is 523. The number of carboxylic acid groups (broad SMARTS) is 1. The summed E-state index contributed by atoms with van der Waals surface area (Å²) in [5.41, 5.74) is 2.53. The van der Waals surface area contributed by atoms with E-state index in [4.69, 9.17) is 9.52 Å². The van der Waals surface area contributed by atoms with Crippen LogP contribution in [0.15, 0.2) is 22.6 Å². The quantitative estimate of drug-likeness (QED) is 0.818. The zero-order valence-electron chi connectivity index (χ0n) is 8.70. The second-order valence-electron chi connectivity index (χ2n) is 3.57. The van der Waals surface area contributed by atoms with Crippen LogP contribution in [0.25, 0.3) is 11.0 Å². The summed E-state index contributed by atoms with van der Waals surface area (Å²) in [4.78, 5) is 10.9. The standard InChI is InChI=1S/C12H12O3/c1-3-8-9-6-7(2)4-5-10(9)15-11(8)12(13)14/h4-6H,3H2,1-2H3,(H,13,14). The largest absolute Gasteiger partial charge is 0.475 e. The molecule has 0 aliphatic heterocycles.